The van der Waals surface area contributed by atoms with Gasteiger partial charge in [-0.25, -0.2) is 4.79 Å². The average molecular weight is 329 g/mol. The smallest absolute Gasteiger partial charge is 0.311 e. The summed E-state index contributed by atoms with van der Waals surface area (Å²) >= 11 is 5.83. The van der Waals surface area contributed by atoms with Gasteiger partial charge in [-0.3, -0.25) is 10.3 Å². The van der Waals surface area contributed by atoms with E-state index < -0.39 is 0 Å². The van der Waals surface area contributed by atoms with Crippen molar-refractivity contribution < 1.29 is 4.79 Å². The van der Waals surface area contributed by atoms with Gasteiger partial charge in [-0.2, -0.15) is 0 Å². The first-order valence-electron chi connectivity index (χ1n) is 7.31. The zero-order chi connectivity index (χ0) is 16.4. The van der Waals surface area contributed by atoms with Gasteiger partial charge in [0.15, 0.2) is 0 Å². The van der Waals surface area contributed by atoms with E-state index in [0.29, 0.717) is 23.8 Å². The summed E-state index contributed by atoms with van der Waals surface area (Å²) in [6, 6.07) is 14.5. The van der Waals surface area contributed by atoms with Crippen molar-refractivity contribution in [3.8, 4) is 0 Å². The Kier molecular flexibility index (Phi) is 4.21. The molecule has 0 saturated carbocycles. The molecule has 2 amide bonds. The topological polar surface area (TPSA) is 59.4 Å². The predicted molar refractivity (Wildman–Crippen MR) is 93.4 cm³/mol. The SMILES string of the molecule is Cc1ccc(N2CCN(C(=O)Nc3ccc(Cl)cc3)C2=N)cc1. The fourth-order valence-electron chi connectivity index (χ4n) is 2.46. The van der Waals surface area contributed by atoms with Crippen molar-refractivity contribution in [3.63, 3.8) is 0 Å². The first kappa shape index (κ1) is 15.4. The molecule has 1 fully saturated rings. The van der Waals surface area contributed by atoms with Gasteiger partial charge in [-0.05, 0) is 43.3 Å². The van der Waals surface area contributed by atoms with Crippen LogP contribution in [0.25, 0.3) is 0 Å². The van der Waals surface area contributed by atoms with Crippen LogP contribution in [0.3, 0.4) is 0 Å². The average Bonchev–Trinajstić information content (AvgIpc) is 2.92. The number of amides is 2. The Hall–Kier alpha value is -2.53. The second kappa shape index (κ2) is 6.30. The number of anilines is 2. The number of nitrogens with zero attached hydrogens (tertiary/aromatic N) is 2. The maximum Gasteiger partial charge on any atom is 0.328 e. The van der Waals surface area contributed by atoms with Gasteiger partial charge in [-0.15, -0.1) is 0 Å². The highest BCUT2D eigenvalue weighted by atomic mass is 35.5. The fraction of sp³-hybridized carbons (Fsp3) is 0.176. The standard InChI is InChI=1S/C17H17ClN4O/c1-12-2-8-15(9-3-12)21-10-11-22(16(21)19)17(23)20-14-6-4-13(18)5-7-14/h2-9,19H,10-11H2,1H3,(H,20,23). The minimum atomic E-state index is -0.313. The van der Waals surface area contributed by atoms with Crippen LogP contribution in [0.1, 0.15) is 5.56 Å². The number of halogens is 1. The van der Waals surface area contributed by atoms with Crippen molar-refractivity contribution in [3.05, 3.63) is 59.1 Å². The summed E-state index contributed by atoms with van der Waals surface area (Å²) in [4.78, 5) is 15.6. The first-order valence-corrected chi connectivity index (χ1v) is 7.69. The Bertz CT molecular complexity index is 727. The minimum absolute atomic E-state index is 0.181. The van der Waals surface area contributed by atoms with Crippen LogP contribution in [0.15, 0.2) is 48.5 Å². The van der Waals surface area contributed by atoms with Crippen LogP contribution in [-0.4, -0.2) is 30.0 Å². The van der Waals surface area contributed by atoms with Crippen molar-refractivity contribution in [1.82, 2.24) is 4.90 Å². The molecule has 0 aliphatic carbocycles. The Morgan fingerprint density at radius 3 is 2.39 bits per heavy atom. The van der Waals surface area contributed by atoms with Crippen LogP contribution in [0, 0.1) is 12.3 Å². The molecule has 6 heteroatoms. The molecule has 2 aromatic rings. The van der Waals surface area contributed by atoms with Crippen LogP contribution in [0.2, 0.25) is 5.02 Å². The molecule has 2 N–H and O–H groups in total. The maximum atomic E-state index is 12.4. The van der Waals surface area contributed by atoms with Gasteiger partial charge in [-0.1, -0.05) is 29.3 Å². The van der Waals surface area contributed by atoms with Gasteiger partial charge < -0.3 is 10.2 Å². The summed E-state index contributed by atoms with van der Waals surface area (Å²) in [6.45, 7) is 3.10. The number of hydrogen-bond acceptors (Lipinski definition) is 2. The van der Waals surface area contributed by atoms with Crippen LogP contribution in [0.4, 0.5) is 16.2 Å². The fourth-order valence-corrected chi connectivity index (χ4v) is 2.58. The zero-order valence-corrected chi connectivity index (χ0v) is 13.5. The molecule has 0 bridgehead atoms. The lowest BCUT2D eigenvalue weighted by Crippen LogP contribution is -2.39. The normalized spacial score (nSPS) is 14.3. The third-order valence-corrected chi connectivity index (χ3v) is 4.00. The molecule has 0 atom stereocenters. The number of carbonyl (C=O) groups excluding carboxylic acids is 1. The van der Waals surface area contributed by atoms with Crippen LogP contribution in [-0.2, 0) is 0 Å². The largest absolute Gasteiger partial charge is 0.328 e. The number of aryl methyl sites for hydroxylation is 1. The minimum Gasteiger partial charge on any atom is -0.311 e. The second-order valence-electron chi connectivity index (χ2n) is 5.40. The molecule has 1 heterocycles. The van der Waals surface area contributed by atoms with Gasteiger partial charge in [0.25, 0.3) is 0 Å². The molecule has 0 radical (unpaired) electrons. The summed E-state index contributed by atoms with van der Waals surface area (Å²) in [7, 11) is 0. The zero-order valence-electron chi connectivity index (χ0n) is 12.7. The van der Waals surface area contributed by atoms with E-state index in [-0.39, 0.29) is 12.0 Å². The molecule has 3 rings (SSSR count). The van der Waals surface area contributed by atoms with Gasteiger partial charge in [0.2, 0.25) is 5.96 Å². The molecule has 0 spiro atoms. The van der Waals surface area contributed by atoms with Crippen molar-refractivity contribution in [2.24, 2.45) is 0 Å². The predicted octanol–water partition coefficient (Wildman–Crippen LogP) is 3.94. The van der Waals surface area contributed by atoms with E-state index in [1.807, 2.05) is 36.1 Å². The molecular weight excluding hydrogens is 312 g/mol. The van der Waals surface area contributed by atoms with E-state index in [2.05, 4.69) is 5.32 Å². The van der Waals surface area contributed by atoms with Gasteiger partial charge in [0.05, 0.1) is 0 Å². The number of carbonyl (C=O) groups is 1. The van der Waals surface area contributed by atoms with E-state index in [4.69, 9.17) is 17.0 Å². The quantitative estimate of drug-likeness (QED) is 0.877. The van der Waals surface area contributed by atoms with E-state index in [0.717, 1.165) is 11.3 Å². The van der Waals surface area contributed by atoms with Crippen molar-refractivity contribution in [1.29, 1.82) is 5.41 Å². The first-order chi connectivity index (χ1) is 11.0. The highest BCUT2D eigenvalue weighted by Crippen LogP contribution is 2.21. The van der Waals surface area contributed by atoms with Crippen LogP contribution in [0.5, 0.6) is 0 Å². The van der Waals surface area contributed by atoms with Crippen molar-refractivity contribution in [2.75, 3.05) is 23.3 Å². The molecule has 1 aliphatic heterocycles. The summed E-state index contributed by atoms with van der Waals surface area (Å²) in [5.74, 6) is 0.181. The summed E-state index contributed by atoms with van der Waals surface area (Å²) in [5, 5.41) is 11.7. The number of benzene rings is 2. The van der Waals surface area contributed by atoms with Crippen LogP contribution < -0.4 is 10.2 Å². The molecule has 23 heavy (non-hydrogen) atoms. The van der Waals surface area contributed by atoms with Gasteiger partial charge in [0.1, 0.15) is 0 Å². The Morgan fingerprint density at radius 1 is 1.09 bits per heavy atom. The number of guanidine groups is 1. The molecule has 1 aliphatic rings. The van der Waals surface area contributed by atoms with Gasteiger partial charge >= 0.3 is 6.03 Å². The van der Waals surface area contributed by atoms with E-state index >= 15 is 0 Å². The van der Waals surface area contributed by atoms with E-state index in [1.54, 1.807) is 24.3 Å². The van der Waals surface area contributed by atoms with Crippen molar-refractivity contribution >= 4 is 35.0 Å². The van der Waals surface area contributed by atoms with Gasteiger partial charge in [0, 0.05) is 29.5 Å². The third kappa shape index (κ3) is 3.29. The molecule has 0 unspecified atom stereocenters. The highest BCUT2D eigenvalue weighted by Gasteiger charge is 2.30. The van der Waals surface area contributed by atoms with Crippen LogP contribution >= 0.6 is 11.6 Å². The third-order valence-electron chi connectivity index (χ3n) is 3.74. The van der Waals surface area contributed by atoms with E-state index in [1.165, 1.54) is 4.90 Å². The van der Waals surface area contributed by atoms with Crippen molar-refractivity contribution in [2.45, 2.75) is 6.92 Å². The maximum absolute atomic E-state index is 12.4. The molecule has 0 aromatic heterocycles. The number of nitrogens with one attached hydrogen (secondary N) is 2. The Labute approximate surface area is 140 Å². The molecule has 1 saturated heterocycles. The lowest BCUT2D eigenvalue weighted by Gasteiger charge is -2.21. The number of rotatable bonds is 2. The molecule has 2 aromatic carbocycles. The molecule has 5 nitrogen and oxygen atoms in total. The number of urea groups is 1. The lowest BCUT2D eigenvalue weighted by atomic mass is 10.2. The summed E-state index contributed by atoms with van der Waals surface area (Å²) in [6.07, 6.45) is 0. The monoisotopic (exact) mass is 328 g/mol. The number of hydrogen-bond donors (Lipinski definition) is 2. The summed E-state index contributed by atoms with van der Waals surface area (Å²) in [5.41, 5.74) is 2.74. The Morgan fingerprint density at radius 2 is 1.74 bits per heavy atom. The second-order valence-corrected chi connectivity index (χ2v) is 5.84. The summed E-state index contributed by atoms with van der Waals surface area (Å²) < 4.78 is 0. The highest BCUT2D eigenvalue weighted by molar-refractivity contribution is 6.30. The Balaban J connectivity index is 1.69. The lowest BCUT2D eigenvalue weighted by molar-refractivity contribution is 0.236. The molecule has 118 valence electrons. The van der Waals surface area contributed by atoms with E-state index in [9.17, 15) is 4.79 Å². The molecular formula is C17H17ClN4O.